The second kappa shape index (κ2) is 6.68. The van der Waals surface area contributed by atoms with Gasteiger partial charge in [0.1, 0.15) is 5.69 Å². The van der Waals surface area contributed by atoms with Gasteiger partial charge in [-0.2, -0.15) is 0 Å². The normalized spacial score (nSPS) is 16.2. The van der Waals surface area contributed by atoms with E-state index in [0.717, 1.165) is 31.8 Å². The third-order valence-corrected chi connectivity index (χ3v) is 3.98. The zero-order valence-electron chi connectivity index (χ0n) is 12.7. The lowest BCUT2D eigenvalue weighted by atomic mass is 10.00. The van der Waals surface area contributed by atoms with Crippen LogP contribution in [0.3, 0.4) is 0 Å². The summed E-state index contributed by atoms with van der Waals surface area (Å²) in [6.07, 6.45) is 4.02. The number of hydrogen-bond donors (Lipinski definition) is 0. The zero-order chi connectivity index (χ0) is 14.5. The highest BCUT2D eigenvalue weighted by molar-refractivity contribution is 5.92. The quantitative estimate of drug-likeness (QED) is 0.846. The van der Waals surface area contributed by atoms with E-state index in [9.17, 15) is 4.79 Å². The Balaban J connectivity index is 2.13. The van der Waals surface area contributed by atoms with Gasteiger partial charge in [-0.15, -0.1) is 0 Å². The van der Waals surface area contributed by atoms with Crippen molar-refractivity contribution in [1.29, 1.82) is 0 Å². The van der Waals surface area contributed by atoms with Gasteiger partial charge in [0.25, 0.3) is 5.91 Å². The Labute approximate surface area is 121 Å². The monoisotopic (exact) mass is 276 g/mol. The Morgan fingerprint density at radius 1 is 1.35 bits per heavy atom. The maximum absolute atomic E-state index is 12.3. The van der Waals surface area contributed by atoms with Gasteiger partial charge in [0, 0.05) is 32.4 Å². The molecule has 0 spiro atoms. The molecule has 1 fully saturated rings. The van der Waals surface area contributed by atoms with Crippen LogP contribution in [-0.4, -0.2) is 47.0 Å². The molecule has 0 N–H and O–H groups in total. The SMILES string of the molecule is CCN(CC)C(=O)c1ccnc(N2CCC(C)CC2)n1. The van der Waals surface area contributed by atoms with E-state index < -0.39 is 0 Å². The number of hydrogen-bond acceptors (Lipinski definition) is 4. The summed E-state index contributed by atoms with van der Waals surface area (Å²) < 4.78 is 0. The minimum absolute atomic E-state index is 0.0102. The van der Waals surface area contributed by atoms with E-state index in [4.69, 9.17) is 0 Å². The van der Waals surface area contributed by atoms with Crippen LogP contribution < -0.4 is 4.90 Å². The lowest BCUT2D eigenvalue weighted by Crippen LogP contribution is -2.35. The number of aromatic nitrogens is 2. The number of anilines is 1. The molecule has 1 aromatic heterocycles. The van der Waals surface area contributed by atoms with Gasteiger partial charge in [0.2, 0.25) is 5.95 Å². The van der Waals surface area contributed by atoms with E-state index in [2.05, 4.69) is 21.8 Å². The fourth-order valence-corrected chi connectivity index (χ4v) is 2.50. The summed E-state index contributed by atoms with van der Waals surface area (Å²) in [6.45, 7) is 9.60. The molecule has 0 aromatic carbocycles. The Morgan fingerprint density at radius 3 is 2.60 bits per heavy atom. The van der Waals surface area contributed by atoms with Crippen LogP contribution in [0.4, 0.5) is 5.95 Å². The Hall–Kier alpha value is -1.65. The van der Waals surface area contributed by atoms with Crippen molar-refractivity contribution in [3.8, 4) is 0 Å². The van der Waals surface area contributed by atoms with Crippen molar-refractivity contribution < 1.29 is 4.79 Å². The average Bonchev–Trinajstić information content (AvgIpc) is 2.49. The Kier molecular flexibility index (Phi) is 4.93. The van der Waals surface area contributed by atoms with E-state index in [-0.39, 0.29) is 5.91 Å². The van der Waals surface area contributed by atoms with Crippen molar-refractivity contribution >= 4 is 11.9 Å². The molecule has 20 heavy (non-hydrogen) atoms. The summed E-state index contributed by atoms with van der Waals surface area (Å²) in [5.74, 6) is 1.45. The largest absolute Gasteiger partial charge is 0.341 e. The van der Waals surface area contributed by atoms with Gasteiger partial charge in [-0.3, -0.25) is 4.79 Å². The van der Waals surface area contributed by atoms with Gasteiger partial charge >= 0.3 is 0 Å². The first kappa shape index (κ1) is 14.8. The standard InChI is InChI=1S/C15H24N4O/c1-4-18(5-2)14(20)13-6-9-16-15(17-13)19-10-7-12(3)8-11-19/h6,9,12H,4-5,7-8,10-11H2,1-3H3. The third-order valence-electron chi connectivity index (χ3n) is 3.98. The fourth-order valence-electron chi connectivity index (χ4n) is 2.50. The van der Waals surface area contributed by atoms with Gasteiger partial charge in [-0.25, -0.2) is 9.97 Å². The zero-order valence-corrected chi connectivity index (χ0v) is 12.7. The highest BCUT2D eigenvalue weighted by atomic mass is 16.2. The third kappa shape index (κ3) is 3.26. The van der Waals surface area contributed by atoms with E-state index in [1.165, 1.54) is 0 Å². The lowest BCUT2D eigenvalue weighted by molar-refractivity contribution is 0.0767. The molecule has 0 saturated carbocycles. The molecule has 0 radical (unpaired) electrons. The molecule has 5 heteroatoms. The number of rotatable bonds is 4. The van der Waals surface area contributed by atoms with E-state index in [0.29, 0.717) is 24.7 Å². The minimum atomic E-state index is -0.0102. The Bertz CT molecular complexity index is 451. The maximum Gasteiger partial charge on any atom is 0.272 e. The molecule has 0 bridgehead atoms. The fraction of sp³-hybridized carbons (Fsp3) is 0.667. The van der Waals surface area contributed by atoms with Crippen LogP contribution in [-0.2, 0) is 0 Å². The first-order valence-electron chi connectivity index (χ1n) is 7.53. The number of amides is 1. The molecular weight excluding hydrogens is 252 g/mol. The number of carbonyl (C=O) groups is 1. The van der Waals surface area contributed by atoms with Crippen LogP contribution in [0.25, 0.3) is 0 Å². The second-order valence-corrected chi connectivity index (χ2v) is 5.39. The lowest BCUT2D eigenvalue weighted by Gasteiger charge is -2.30. The topological polar surface area (TPSA) is 49.3 Å². The molecule has 0 unspecified atom stereocenters. The van der Waals surface area contributed by atoms with Crippen LogP contribution in [0.15, 0.2) is 12.3 Å². The molecule has 2 rings (SSSR count). The molecule has 1 aliphatic rings. The van der Waals surface area contributed by atoms with Crippen molar-refractivity contribution in [2.75, 3.05) is 31.1 Å². The molecular formula is C15H24N4O. The minimum Gasteiger partial charge on any atom is -0.341 e. The number of carbonyl (C=O) groups excluding carboxylic acids is 1. The van der Waals surface area contributed by atoms with Crippen LogP contribution in [0.1, 0.15) is 44.1 Å². The maximum atomic E-state index is 12.3. The summed E-state index contributed by atoms with van der Waals surface area (Å²) in [6, 6.07) is 1.71. The van der Waals surface area contributed by atoms with E-state index in [1.54, 1.807) is 17.2 Å². The predicted octanol–water partition coefficient (Wildman–Crippen LogP) is 2.19. The van der Waals surface area contributed by atoms with Crippen LogP contribution >= 0.6 is 0 Å². The van der Waals surface area contributed by atoms with Crippen molar-refractivity contribution in [1.82, 2.24) is 14.9 Å². The average molecular weight is 276 g/mol. The summed E-state index contributed by atoms with van der Waals surface area (Å²) in [5, 5.41) is 0. The molecule has 1 amide bonds. The number of nitrogens with zero attached hydrogens (tertiary/aromatic N) is 4. The smallest absolute Gasteiger partial charge is 0.272 e. The molecule has 0 atom stereocenters. The molecule has 5 nitrogen and oxygen atoms in total. The van der Waals surface area contributed by atoms with Gasteiger partial charge < -0.3 is 9.80 Å². The molecule has 110 valence electrons. The van der Waals surface area contributed by atoms with Gasteiger partial charge in [-0.1, -0.05) is 6.92 Å². The van der Waals surface area contributed by atoms with Crippen molar-refractivity contribution in [3.05, 3.63) is 18.0 Å². The van der Waals surface area contributed by atoms with Crippen molar-refractivity contribution in [2.24, 2.45) is 5.92 Å². The molecule has 2 heterocycles. The molecule has 0 aliphatic carbocycles. The summed E-state index contributed by atoms with van der Waals surface area (Å²) in [7, 11) is 0. The summed E-state index contributed by atoms with van der Waals surface area (Å²) in [4.78, 5) is 25.1. The molecule has 1 saturated heterocycles. The molecule has 1 aliphatic heterocycles. The van der Waals surface area contributed by atoms with E-state index in [1.807, 2.05) is 13.8 Å². The van der Waals surface area contributed by atoms with E-state index >= 15 is 0 Å². The number of piperidine rings is 1. The van der Waals surface area contributed by atoms with Crippen molar-refractivity contribution in [3.63, 3.8) is 0 Å². The van der Waals surface area contributed by atoms with Gasteiger partial charge in [-0.05, 0) is 38.7 Å². The Morgan fingerprint density at radius 2 is 2.00 bits per heavy atom. The van der Waals surface area contributed by atoms with Gasteiger partial charge in [0.15, 0.2) is 0 Å². The predicted molar refractivity (Wildman–Crippen MR) is 79.9 cm³/mol. The van der Waals surface area contributed by atoms with Gasteiger partial charge in [0.05, 0.1) is 0 Å². The molecule has 1 aromatic rings. The first-order chi connectivity index (χ1) is 9.65. The highest BCUT2D eigenvalue weighted by Gasteiger charge is 2.20. The second-order valence-electron chi connectivity index (χ2n) is 5.39. The van der Waals surface area contributed by atoms with Crippen LogP contribution in [0, 0.1) is 5.92 Å². The van der Waals surface area contributed by atoms with Crippen molar-refractivity contribution in [2.45, 2.75) is 33.6 Å². The van der Waals surface area contributed by atoms with Crippen LogP contribution in [0.2, 0.25) is 0 Å². The first-order valence-corrected chi connectivity index (χ1v) is 7.53. The summed E-state index contributed by atoms with van der Waals surface area (Å²) in [5.41, 5.74) is 0.498. The summed E-state index contributed by atoms with van der Waals surface area (Å²) >= 11 is 0. The van der Waals surface area contributed by atoms with Crippen LogP contribution in [0.5, 0.6) is 0 Å². The highest BCUT2D eigenvalue weighted by Crippen LogP contribution is 2.20.